The van der Waals surface area contributed by atoms with Crippen molar-refractivity contribution >= 4 is 45.4 Å². The molecule has 26 heavy (non-hydrogen) atoms. The zero-order chi connectivity index (χ0) is 19.0. The molecule has 3 rings (SSSR count). The average molecular weight is 394 g/mol. The lowest BCUT2D eigenvalue weighted by atomic mass is 9.88. The third-order valence-corrected chi connectivity index (χ3v) is 5.88. The topological polar surface area (TPSA) is 115 Å². The molecule has 0 fully saturated rings. The summed E-state index contributed by atoms with van der Waals surface area (Å²) in [5.41, 5.74) is 6.68. The SMILES string of the molecule is C[C@H]1CCc2c(sc(NC(=O)c3ccc([N+](=O)[O-])cc3Cl)c2C(N)=O)C1. The van der Waals surface area contributed by atoms with Gasteiger partial charge in [-0.05, 0) is 36.8 Å². The van der Waals surface area contributed by atoms with Crippen LogP contribution in [0.4, 0.5) is 10.7 Å². The van der Waals surface area contributed by atoms with Gasteiger partial charge in [-0.2, -0.15) is 0 Å². The van der Waals surface area contributed by atoms with Crippen LogP contribution in [0.3, 0.4) is 0 Å². The molecule has 1 aromatic heterocycles. The number of non-ortho nitro benzene ring substituents is 1. The Labute approximate surface area is 158 Å². The normalized spacial score (nSPS) is 16.0. The van der Waals surface area contributed by atoms with E-state index in [1.165, 1.54) is 23.5 Å². The number of benzene rings is 1. The van der Waals surface area contributed by atoms with Crippen molar-refractivity contribution in [1.82, 2.24) is 0 Å². The van der Waals surface area contributed by atoms with Gasteiger partial charge in [-0.25, -0.2) is 0 Å². The van der Waals surface area contributed by atoms with E-state index in [0.29, 0.717) is 16.5 Å². The number of halogens is 1. The molecule has 1 aliphatic rings. The molecule has 1 aliphatic carbocycles. The van der Waals surface area contributed by atoms with Crippen LogP contribution in [0, 0.1) is 16.0 Å². The quantitative estimate of drug-likeness (QED) is 0.607. The van der Waals surface area contributed by atoms with Crippen molar-refractivity contribution in [3.63, 3.8) is 0 Å². The van der Waals surface area contributed by atoms with Gasteiger partial charge in [0.2, 0.25) is 0 Å². The van der Waals surface area contributed by atoms with Gasteiger partial charge in [0.25, 0.3) is 17.5 Å². The van der Waals surface area contributed by atoms with E-state index < -0.39 is 16.7 Å². The van der Waals surface area contributed by atoms with Gasteiger partial charge in [0, 0.05) is 17.0 Å². The predicted molar refractivity (Wildman–Crippen MR) is 100 cm³/mol. The van der Waals surface area contributed by atoms with Crippen LogP contribution < -0.4 is 11.1 Å². The third kappa shape index (κ3) is 3.42. The molecule has 0 saturated carbocycles. The lowest BCUT2D eigenvalue weighted by Crippen LogP contribution is -2.19. The second kappa shape index (κ2) is 7.05. The number of primary amides is 1. The minimum absolute atomic E-state index is 0.0349. The number of nitrogens with zero attached hydrogens (tertiary/aromatic N) is 1. The lowest BCUT2D eigenvalue weighted by Gasteiger charge is -2.18. The fourth-order valence-electron chi connectivity index (χ4n) is 3.07. The van der Waals surface area contributed by atoms with Crippen LogP contribution in [-0.4, -0.2) is 16.7 Å². The van der Waals surface area contributed by atoms with Crippen LogP contribution >= 0.6 is 22.9 Å². The number of anilines is 1. The highest BCUT2D eigenvalue weighted by Gasteiger charge is 2.27. The molecule has 9 heteroatoms. The first-order chi connectivity index (χ1) is 12.3. The van der Waals surface area contributed by atoms with E-state index in [-0.39, 0.29) is 16.3 Å². The van der Waals surface area contributed by atoms with E-state index in [0.717, 1.165) is 35.8 Å². The van der Waals surface area contributed by atoms with E-state index in [2.05, 4.69) is 12.2 Å². The average Bonchev–Trinajstić information content (AvgIpc) is 2.91. The smallest absolute Gasteiger partial charge is 0.270 e. The van der Waals surface area contributed by atoms with Crippen LogP contribution in [0.2, 0.25) is 5.02 Å². The molecule has 1 heterocycles. The summed E-state index contributed by atoms with van der Waals surface area (Å²) in [5, 5.41) is 13.8. The Morgan fingerprint density at radius 2 is 2.15 bits per heavy atom. The molecule has 0 unspecified atom stereocenters. The van der Waals surface area contributed by atoms with Crippen molar-refractivity contribution in [1.29, 1.82) is 0 Å². The summed E-state index contributed by atoms with van der Waals surface area (Å²) in [6, 6.07) is 3.61. The molecule has 136 valence electrons. The number of amides is 2. The number of rotatable bonds is 4. The monoisotopic (exact) mass is 393 g/mol. The first-order valence-corrected chi connectivity index (χ1v) is 9.17. The van der Waals surface area contributed by atoms with E-state index in [1.807, 2.05) is 0 Å². The van der Waals surface area contributed by atoms with Crippen molar-refractivity contribution < 1.29 is 14.5 Å². The first-order valence-electron chi connectivity index (χ1n) is 7.97. The van der Waals surface area contributed by atoms with E-state index >= 15 is 0 Å². The summed E-state index contributed by atoms with van der Waals surface area (Å²) in [7, 11) is 0. The first kappa shape index (κ1) is 18.3. The molecule has 0 bridgehead atoms. The van der Waals surface area contributed by atoms with Gasteiger partial charge >= 0.3 is 0 Å². The highest BCUT2D eigenvalue weighted by molar-refractivity contribution is 7.17. The van der Waals surface area contributed by atoms with E-state index in [9.17, 15) is 19.7 Å². The molecule has 7 nitrogen and oxygen atoms in total. The molecule has 0 spiro atoms. The molecule has 3 N–H and O–H groups in total. The zero-order valence-corrected chi connectivity index (χ0v) is 15.4. The van der Waals surface area contributed by atoms with Crippen LogP contribution in [0.25, 0.3) is 0 Å². The number of nitrogens with two attached hydrogens (primary N) is 1. The standard InChI is InChI=1S/C17H16ClN3O4S/c1-8-2-4-11-13(6-8)26-17(14(11)15(19)22)20-16(23)10-5-3-9(21(24)25)7-12(10)18/h3,5,7-8H,2,4,6H2,1H3,(H2,19,22)(H,20,23)/t8-/m0/s1. The van der Waals surface area contributed by atoms with Gasteiger partial charge < -0.3 is 11.1 Å². The summed E-state index contributed by atoms with van der Waals surface area (Å²) in [5.74, 6) is -0.615. The van der Waals surface area contributed by atoms with Crippen molar-refractivity contribution in [2.24, 2.45) is 11.7 Å². The van der Waals surface area contributed by atoms with Gasteiger partial charge in [-0.15, -0.1) is 11.3 Å². The van der Waals surface area contributed by atoms with Gasteiger partial charge in [-0.3, -0.25) is 19.7 Å². The number of thiophene rings is 1. The number of fused-ring (bicyclic) bond motifs is 1. The molecule has 2 aromatic rings. The third-order valence-electron chi connectivity index (χ3n) is 4.39. The van der Waals surface area contributed by atoms with Gasteiger partial charge in [-0.1, -0.05) is 18.5 Å². The van der Waals surface area contributed by atoms with Crippen molar-refractivity contribution in [2.45, 2.75) is 26.2 Å². The fraction of sp³-hybridized carbons (Fsp3) is 0.294. The van der Waals surface area contributed by atoms with Gasteiger partial charge in [0.05, 0.1) is 21.1 Å². The maximum Gasteiger partial charge on any atom is 0.270 e. The minimum Gasteiger partial charge on any atom is -0.365 e. The molecular weight excluding hydrogens is 378 g/mol. The number of nitro groups is 1. The van der Waals surface area contributed by atoms with E-state index in [1.54, 1.807) is 0 Å². The molecule has 1 aromatic carbocycles. The number of carbonyl (C=O) groups is 2. The second-order valence-corrected chi connectivity index (χ2v) is 7.81. The Morgan fingerprint density at radius 1 is 1.42 bits per heavy atom. The summed E-state index contributed by atoms with van der Waals surface area (Å²) >= 11 is 7.35. The maximum atomic E-state index is 12.6. The van der Waals surface area contributed by atoms with Gasteiger partial charge in [0.15, 0.2) is 0 Å². The number of nitrogens with one attached hydrogen (secondary N) is 1. The Hall–Kier alpha value is -2.45. The Kier molecular flexibility index (Phi) is 4.97. The minimum atomic E-state index is -0.590. The van der Waals surface area contributed by atoms with Crippen molar-refractivity contribution in [3.05, 3.63) is 54.9 Å². The summed E-state index contributed by atoms with van der Waals surface area (Å²) < 4.78 is 0. The highest BCUT2D eigenvalue weighted by Crippen LogP contribution is 2.39. The number of nitro benzene ring substituents is 1. The molecule has 0 radical (unpaired) electrons. The zero-order valence-electron chi connectivity index (χ0n) is 13.9. The number of carbonyl (C=O) groups excluding carboxylic acids is 2. The van der Waals surface area contributed by atoms with Gasteiger partial charge in [0.1, 0.15) is 5.00 Å². The largest absolute Gasteiger partial charge is 0.365 e. The number of hydrogen-bond acceptors (Lipinski definition) is 5. The van der Waals surface area contributed by atoms with E-state index in [4.69, 9.17) is 17.3 Å². The summed E-state index contributed by atoms with van der Waals surface area (Å²) in [4.78, 5) is 35.7. The fourth-order valence-corrected chi connectivity index (χ4v) is 4.74. The van der Waals surface area contributed by atoms with Crippen LogP contribution in [0.1, 0.15) is 44.5 Å². The maximum absolute atomic E-state index is 12.6. The predicted octanol–water partition coefficient (Wildman–Crippen LogP) is 3.79. The Morgan fingerprint density at radius 3 is 2.77 bits per heavy atom. The Balaban J connectivity index is 1.93. The Bertz CT molecular complexity index is 925. The molecule has 0 aliphatic heterocycles. The van der Waals surface area contributed by atoms with Crippen molar-refractivity contribution in [2.75, 3.05) is 5.32 Å². The number of hydrogen-bond donors (Lipinski definition) is 2. The lowest BCUT2D eigenvalue weighted by molar-refractivity contribution is -0.384. The molecule has 2 amide bonds. The van der Waals surface area contributed by atoms with Crippen LogP contribution in [-0.2, 0) is 12.8 Å². The van der Waals surface area contributed by atoms with Crippen LogP contribution in [0.15, 0.2) is 18.2 Å². The highest BCUT2D eigenvalue weighted by atomic mass is 35.5. The molecule has 1 atom stereocenters. The summed E-state index contributed by atoms with van der Waals surface area (Å²) in [6.07, 6.45) is 2.56. The summed E-state index contributed by atoms with van der Waals surface area (Å²) in [6.45, 7) is 2.14. The molecular formula is C17H16ClN3O4S. The van der Waals surface area contributed by atoms with Crippen molar-refractivity contribution in [3.8, 4) is 0 Å². The van der Waals surface area contributed by atoms with Crippen LogP contribution in [0.5, 0.6) is 0 Å². The second-order valence-electron chi connectivity index (χ2n) is 6.30. The molecule has 0 saturated heterocycles.